The molecule has 0 atom stereocenters. The number of piperazine rings is 1. The van der Waals surface area contributed by atoms with Gasteiger partial charge in [0, 0.05) is 31.7 Å². The Morgan fingerprint density at radius 1 is 1.22 bits per heavy atom. The van der Waals surface area contributed by atoms with Crippen LogP contribution in [-0.4, -0.2) is 42.0 Å². The molecule has 27 heavy (non-hydrogen) atoms. The monoisotopic (exact) mass is 366 g/mol. The van der Waals surface area contributed by atoms with Crippen LogP contribution in [0.5, 0.6) is 0 Å². The maximum atomic E-state index is 12.7. The van der Waals surface area contributed by atoms with Crippen LogP contribution in [0.3, 0.4) is 0 Å². The van der Waals surface area contributed by atoms with Gasteiger partial charge >= 0.3 is 0 Å². The normalized spacial score (nSPS) is 14.4. The van der Waals surface area contributed by atoms with Crippen molar-refractivity contribution in [3.8, 4) is 17.7 Å². The fourth-order valence-corrected chi connectivity index (χ4v) is 3.21. The number of amides is 1. The highest BCUT2D eigenvalue weighted by atomic mass is 16.4. The number of aryl methyl sites for hydroxylation is 2. The van der Waals surface area contributed by atoms with E-state index in [0.29, 0.717) is 43.6 Å². The summed E-state index contributed by atoms with van der Waals surface area (Å²) in [6.07, 6.45) is 1.52. The predicted molar refractivity (Wildman–Crippen MR) is 95.2 cm³/mol. The maximum Gasteiger partial charge on any atom is 0.289 e. The summed E-state index contributed by atoms with van der Waals surface area (Å²) in [5.41, 5.74) is 1.05. The minimum Gasteiger partial charge on any atom is -0.459 e. The number of anilines is 1. The Labute approximate surface area is 155 Å². The molecule has 4 rings (SSSR count). The highest BCUT2D eigenvalue weighted by molar-refractivity contribution is 5.93. The molecule has 1 fully saturated rings. The van der Waals surface area contributed by atoms with E-state index >= 15 is 0 Å². The number of rotatable bonds is 3. The molecule has 8 nitrogen and oxygen atoms in total. The summed E-state index contributed by atoms with van der Waals surface area (Å²) < 4.78 is 16.6. The summed E-state index contributed by atoms with van der Waals surface area (Å²) >= 11 is 0. The Kier molecular flexibility index (Phi) is 4.20. The van der Waals surface area contributed by atoms with Gasteiger partial charge in [0.2, 0.25) is 11.6 Å². The molecule has 3 aromatic rings. The molecule has 3 aromatic heterocycles. The lowest BCUT2D eigenvalue weighted by atomic mass is 10.2. The van der Waals surface area contributed by atoms with E-state index in [1.807, 2.05) is 24.8 Å². The lowest BCUT2D eigenvalue weighted by molar-refractivity contribution is 0.0711. The van der Waals surface area contributed by atoms with E-state index in [2.05, 4.69) is 11.1 Å². The van der Waals surface area contributed by atoms with Crippen LogP contribution in [0.1, 0.15) is 27.6 Å². The zero-order chi connectivity index (χ0) is 19.0. The smallest absolute Gasteiger partial charge is 0.289 e. The van der Waals surface area contributed by atoms with E-state index in [-0.39, 0.29) is 17.5 Å². The van der Waals surface area contributed by atoms with E-state index in [9.17, 15) is 10.1 Å². The van der Waals surface area contributed by atoms with Crippen molar-refractivity contribution in [3.63, 3.8) is 0 Å². The van der Waals surface area contributed by atoms with Gasteiger partial charge in [-0.05, 0) is 32.0 Å². The van der Waals surface area contributed by atoms with Crippen LogP contribution in [0.2, 0.25) is 0 Å². The fourth-order valence-electron chi connectivity index (χ4n) is 3.21. The molecule has 0 spiro atoms. The van der Waals surface area contributed by atoms with Gasteiger partial charge < -0.3 is 23.1 Å². The van der Waals surface area contributed by atoms with Crippen LogP contribution in [0.4, 0.5) is 5.88 Å². The summed E-state index contributed by atoms with van der Waals surface area (Å²) in [7, 11) is 0. The molecule has 8 heteroatoms. The van der Waals surface area contributed by atoms with E-state index in [0.717, 1.165) is 11.3 Å². The average Bonchev–Trinajstić information content (AvgIpc) is 3.40. The van der Waals surface area contributed by atoms with Gasteiger partial charge in [-0.25, -0.2) is 0 Å². The molecule has 0 unspecified atom stereocenters. The summed E-state index contributed by atoms with van der Waals surface area (Å²) in [4.78, 5) is 20.5. The van der Waals surface area contributed by atoms with Crippen molar-refractivity contribution in [1.29, 1.82) is 5.26 Å². The maximum absolute atomic E-state index is 12.7. The number of carbonyl (C=O) groups is 1. The number of nitriles is 1. The average molecular weight is 366 g/mol. The number of furan rings is 2. The first-order valence-corrected chi connectivity index (χ1v) is 8.63. The minimum absolute atomic E-state index is 0.116. The molecule has 1 saturated heterocycles. The molecule has 1 aliphatic rings. The Bertz CT molecular complexity index is 1000. The third-order valence-electron chi connectivity index (χ3n) is 4.54. The van der Waals surface area contributed by atoms with E-state index in [1.165, 1.54) is 6.26 Å². The molecule has 0 aromatic carbocycles. The quantitative estimate of drug-likeness (QED) is 0.702. The number of nitrogens with zero attached hydrogens (tertiary/aromatic N) is 4. The topological polar surface area (TPSA) is 99.7 Å². The summed E-state index contributed by atoms with van der Waals surface area (Å²) in [5, 5.41) is 9.37. The molecule has 0 radical (unpaired) electrons. The summed E-state index contributed by atoms with van der Waals surface area (Å²) in [5.74, 6) is 2.14. The lowest BCUT2D eigenvalue weighted by Crippen LogP contribution is -2.49. The second-order valence-electron chi connectivity index (χ2n) is 6.41. The van der Waals surface area contributed by atoms with Crippen molar-refractivity contribution in [1.82, 2.24) is 9.88 Å². The Hall–Kier alpha value is -3.47. The van der Waals surface area contributed by atoms with Crippen LogP contribution in [0, 0.1) is 25.2 Å². The first-order valence-electron chi connectivity index (χ1n) is 8.63. The van der Waals surface area contributed by atoms with E-state index in [4.69, 9.17) is 13.3 Å². The first kappa shape index (κ1) is 17.0. The molecule has 0 bridgehead atoms. The van der Waals surface area contributed by atoms with Crippen molar-refractivity contribution in [3.05, 3.63) is 47.2 Å². The molecule has 0 saturated carbocycles. The predicted octanol–water partition coefficient (Wildman–Crippen LogP) is 2.98. The van der Waals surface area contributed by atoms with Gasteiger partial charge in [-0.15, -0.1) is 0 Å². The van der Waals surface area contributed by atoms with Gasteiger partial charge in [0.25, 0.3) is 11.8 Å². The van der Waals surface area contributed by atoms with Crippen LogP contribution in [0.15, 0.2) is 37.7 Å². The van der Waals surface area contributed by atoms with Crippen LogP contribution >= 0.6 is 0 Å². The Morgan fingerprint density at radius 3 is 2.59 bits per heavy atom. The molecule has 1 amide bonds. The van der Waals surface area contributed by atoms with Crippen LogP contribution < -0.4 is 4.90 Å². The fraction of sp³-hybridized carbons (Fsp3) is 0.316. The number of carbonyl (C=O) groups excluding carboxylic acids is 1. The van der Waals surface area contributed by atoms with Crippen LogP contribution in [0.25, 0.3) is 11.7 Å². The molecule has 138 valence electrons. The largest absolute Gasteiger partial charge is 0.459 e. The summed E-state index contributed by atoms with van der Waals surface area (Å²) in [6, 6.07) is 7.37. The van der Waals surface area contributed by atoms with Crippen molar-refractivity contribution < 1.29 is 18.0 Å². The van der Waals surface area contributed by atoms with Gasteiger partial charge in [-0.1, -0.05) is 0 Å². The molecule has 0 aliphatic carbocycles. The molecular weight excluding hydrogens is 348 g/mol. The first-order chi connectivity index (χ1) is 13.1. The van der Waals surface area contributed by atoms with Gasteiger partial charge in [0.1, 0.15) is 11.8 Å². The number of oxazole rings is 1. The van der Waals surface area contributed by atoms with Crippen molar-refractivity contribution in [2.45, 2.75) is 13.8 Å². The number of aromatic nitrogens is 1. The van der Waals surface area contributed by atoms with Crippen LogP contribution in [-0.2, 0) is 0 Å². The standard InChI is InChI=1S/C19H18N4O4/c1-12-10-13(2)26-16(12)18(24)22-5-7-23(8-6-22)19-14(11-20)21-17(27-19)15-4-3-9-25-15/h3-4,9-10H,5-8H2,1-2H3. The lowest BCUT2D eigenvalue weighted by Gasteiger charge is -2.34. The third kappa shape index (κ3) is 3.08. The second-order valence-corrected chi connectivity index (χ2v) is 6.41. The van der Waals surface area contributed by atoms with E-state index in [1.54, 1.807) is 17.0 Å². The Balaban J connectivity index is 1.49. The molecular formula is C19H18N4O4. The molecule has 4 heterocycles. The minimum atomic E-state index is -0.116. The van der Waals surface area contributed by atoms with Crippen molar-refractivity contribution in [2.24, 2.45) is 0 Å². The van der Waals surface area contributed by atoms with Crippen molar-refractivity contribution >= 4 is 11.8 Å². The second kappa shape index (κ2) is 6.68. The summed E-state index contributed by atoms with van der Waals surface area (Å²) in [6.45, 7) is 5.76. The van der Waals surface area contributed by atoms with Crippen molar-refractivity contribution in [2.75, 3.05) is 31.1 Å². The zero-order valence-corrected chi connectivity index (χ0v) is 15.1. The van der Waals surface area contributed by atoms with Gasteiger partial charge in [0.15, 0.2) is 11.5 Å². The number of hydrogen-bond donors (Lipinski definition) is 0. The molecule has 0 N–H and O–H groups in total. The van der Waals surface area contributed by atoms with Gasteiger partial charge in [-0.2, -0.15) is 10.2 Å². The Morgan fingerprint density at radius 2 is 2.00 bits per heavy atom. The highest BCUT2D eigenvalue weighted by Gasteiger charge is 2.29. The third-order valence-corrected chi connectivity index (χ3v) is 4.54. The zero-order valence-electron chi connectivity index (χ0n) is 15.1. The SMILES string of the molecule is Cc1cc(C)c(C(=O)N2CCN(c3oc(-c4ccco4)nc3C#N)CC2)o1. The van der Waals surface area contributed by atoms with Gasteiger partial charge in [0.05, 0.1) is 6.26 Å². The van der Waals surface area contributed by atoms with E-state index < -0.39 is 0 Å². The molecule has 1 aliphatic heterocycles. The van der Waals surface area contributed by atoms with Gasteiger partial charge in [-0.3, -0.25) is 4.79 Å². The highest BCUT2D eigenvalue weighted by Crippen LogP contribution is 2.29. The number of hydrogen-bond acceptors (Lipinski definition) is 7.